The SMILES string of the molecule is O=C(CCC(=O)N1CCc2ccc(F)cc2C1c1ccccc1)NCc1cccc(C(F)(F)F)c1. The van der Waals surface area contributed by atoms with E-state index in [0.29, 0.717) is 18.5 Å². The summed E-state index contributed by atoms with van der Waals surface area (Å²) in [5.74, 6) is -1.06. The van der Waals surface area contributed by atoms with Crippen molar-refractivity contribution in [1.29, 1.82) is 0 Å². The summed E-state index contributed by atoms with van der Waals surface area (Å²) in [4.78, 5) is 27.1. The van der Waals surface area contributed by atoms with Gasteiger partial charge in [-0.2, -0.15) is 13.2 Å². The molecule has 1 unspecified atom stereocenters. The summed E-state index contributed by atoms with van der Waals surface area (Å²) in [6.45, 7) is 0.364. The molecule has 0 aliphatic carbocycles. The maximum absolute atomic E-state index is 14.1. The third-order valence-electron chi connectivity index (χ3n) is 6.08. The van der Waals surface area contributed by atoms with Crippen molar-refractivity contribution in [3.8, 4) is 0 Å². The molecule has 0 aromatic heterocycles. The third kappa shape index (κ3) is 5.88. The lowest BCUT2D eigenvalue weighted by Gasteiger charge is -2.38. The zero-order valence-corrected chi connectivity index (χ0v) is 18.8. The number of rotatable bonds is 6. The second-order valence-corrected chi connectivity index (χ2v) is 8.47. The second-order valence-electron chi connectivity index (χ2n) is 8.47. The number of fused-ring (bicyclic) bond motifs is 1. The molecule has 8 heteroatoms. The Hall–Kier alpha value is -3.68. The van der Waals surface area contributed by atoms with Gasteiger partial charge in [0.05, 0.1) is 11.6 Å². The van der Waals surface area contributed by atoms with Gasteiger partial charge in [-0.3, -0.25) is 9.59 Å². The van der Waals surface area contributed by atoms with Crippen LogP contribution in [0, 0.1) is 5.82 Å². The molecule has 0 saturated carbocycles. The zero-order valence-electron chi connectivity index (χ0n) is 18.8. The average Bonchev–Trinajstić information content (AvgIpc) is 2.85. The van der Waals surface area contributed by atoms with E-state index in [1.165, 1.54) is 24.3 Å². The van der Waals surface area contributed by atoms with E-state index in [4.69, 9.17) is 0 Å². The Morgan fingerprint density at radius 3 is 2.46 bits per heavy atom. The molecule has 0 bridgehead atoms. The normalized spacial score (nSPS) is 15.4. The molecule has 182 valence electrons. The van der Waals surface area contributed by atoms with E-state index >= 15 is 0 Å². The van der Waals surface area contributed by atoms with Gasteiger partial charge >= 0.3 is 6.18 Å². The Labute approximate surface area is 200 Å². The Balaban J connectivity index is 1.41. The van der Waals surface area contributed by atoms with Crippen molar-refractivity contribution in [2.75, 3.05) is 6.54 Å². The van der Waals surface area contributed by atoms with Gasteiger partial charge in [-0.15, -0.1) is 0 Å². The number of nitrogens with zero attached hydrogens (tertiary/aromatic N) is 1. The van der Waals surface area contributed by atoms with Crippen molar-refractivity contribution < 1.29 is 27.2 Å². The first-order valence-corrected chi connectivity index (χ1v) is 11.3. The van der Waals surface area contributed by atoms with Crippen LogP contribution in [0.4, 0.5) is 17.6 Å². The first-order chi connectivity index (χ1) is 16.7. The lowest BCUT2D eigenvalue weighted by Crippen LogP contribution is -2.41. The molecule has 4 rings (SSSR count). The van der Waals surface area contributed by atoms with Crippen molar-refractivity contribution in [3.63, 3.8) is 0 Å². The molecular weight excluding hydrogens is 460 g/mol. The molecule has 0 spiro atoms. The average molecular weight is 484 g/mol. The molecule has 1 aliphatic heterocycles. The van der Waals surface area contributed by atoms with E-state index in [1.807, 2.05) is 30.3 Å². The fraction of sp³-hybridized carbons (Fsp3) is 0.259. The predicted molar refractivity (Wildman–Crippen MR) is 123 cm³/mol. The Morgan fingerprint density at radius 1 is 0.943 bits per heavy atom. The number of carbonyl (C=O) groups is 2. The molecule has 1 aliphatic rings. The van der Waals surface area contributed by atoms with Crippen LogP contribution in [-0.4, -0.2) is 23.3 Å². The van der Waals surface area contributed by atoms with E-state index in [9.17, 15) is 27.2 Å². The summed E-state index contributed by atoms with van der Waals surface area (Å²) in [5, 5.41) is 2.58. The maximum Gasteiger partial charge on any atom is 0.416 e. The predicted octanol–water partition coefficient (Wildman–Crippen LogP) is 5.42. The highest BCUT2D eigenvalue weighted by atomic mass is 19.4. The van der Waals surface area contributed by atoms with Crippen molar-refractivity contribution in [2.45, 2.75) is 38.0 Å². The van der Waals surface area contributed by atoms with Gasteiger partial charge in [0.15, 0.2) is 0 Å². The Morgan fingerprint density at radius 2 is 1.71 bits per heavy atom. The van der Waals surface area contributed by atoms with Crippen molar-refractivity contribution >= 4 is 11.8 Å². The largest absolute Gasteiger partial charge is 0.416 e. The van der Waals surface area contributed by atoms with Gasteiger partial charge in [0.2, 0.25) is 11.8 Å². The third-order valence-corrected chi connectivity index (χ3v) is 6.08. The van der Waals surface area contributed by atoms with Crippen LogP contribution in [0.2, 0.25) is 0 Å². The molecule has 3 aromatic carbocycles. The molecule has 3 aromatic rings. The number of carbonyl (C=O) groups excluding carboxylic acids is 2. The zero-order chi connectivity index (χ0) is 25.0. The standard InChI is InChI=1S/C27H24F4N2O2/c28-22-10-9-19-13-14-33(26(23(19)16-22)20-6-2-1-3-7-20)25(35)12-11-24(34)32-17-18-5-4-8-21(15-18)27(29,30)31/h1-10,15-16,26H,11-14,17H2,(H,32,34). The molecule has 0 fully saturated rings. The van der Waals surface area contributed by atoms with Crippen LogP contribution in [0.5, 0.6) is 0 Å². The highest BCUT2D eigenvalue weighted by Gasteiger charge is 2.32. The van der Waals surface area contributed by atoms with Crippen LogP contribution in [-0.2, 0) is 28.7 Å². The number of alkyl halides is 3. The number of amides is 2. The molecule has 1 atom stereocenters. The van der Waals surface area contributed by atoms with E-state index in [-0.39, 0.29) is 31.1 Å². The molecule has 1 heterocycles. The summed E-state index contributed by atoms with van der Waals surface area (Å²) in [6, 6.07) is 18.2. The molecule has 35 heavy (non-hydrogen) atoms. The first kappa shape index (κ1) is 24.4. The van der Waals surface area contributed by atoms with Crippen molar-refractivity contribution in [2.24, 2.45) is 0 Å². The van der Waals surface area contributed by atoms with E-state index in [0.717, 1.165) is 28.8 Å². The Kier molecular flexibility index (Phi) is 7.19. The van der Waals surface area contributed by atoms with Crippen molar-refractivity contribution in [3.05, 3.63) is 106 Å². The van der Waals surface area contributed by atoms with Crippen LogP contribution < -0.4 is 5.32 Å². The summed E-state index contributed by atoms with van der Waals surface area (Å²) in [7, 11) is 0. The summed E-state index contributed by atoms with van der Waals surface area (Å²) < 4.78 is 52.7. The lowest BCUT2D eigenvalue weighted by molar-refractivity contribution is -0.137. The molecule has 1 N–H and O–H groups in total. The van der Waals surface area contributed by atoms with Gasteiger partial charge in [0.1, 0.15) is 5.82 Å². The minimum atomic E-state index is -4.46. The Bertz CT molecular complexity index is 1210. The minimum absolute atomic E-state index is 0.0671. The molecule has 2 amide bonds. The molecule has 4 nitrogen and oxygen atoms in total. The van der Waals surface area contributed by atoms with Gasteiger partial charge in [0, 0.05) is 25.9 Å². The van der Waals surface area contributed by atoms with Crippen LogP contribution >= 0.6 is 0 Å². The van der Waals surface area contributed by atoms with Crippen LogP contribution in [0.15, 0.2) is 72.8 Å². The lowest BCUT2D eigenvalue weighted by atomic mass is 9.87. The number of nitrogens with one attached hydrogen (secondary N) is 1. The highest BCUT2D eigenvalue weighted by molar-refractivity contribution is 5.84. The number of hydrogen-bond donors (Lipinski definition) is 1. The topological polar surface area (TPSA) is 49.4 Å². The van der Waals surface area contributed by atoms with Gasteiger partial charge in [0.25, 0.3) is 0 Å². The monoisotopic (exact) mass is 484 g/mol. The first-order valence-electron chi connectivity index (χ1n) is 11.3. The summed E-state index contributed by atoms with van der Waals surface area (Å²) in [5.41, 5.74) is 2.08. The number of benzene rings is 3. The van der Waals surface area contributed by atoms with E-state index in [2.05, 4.69) is 5.32 Å². The fourth-order valence-corrected chi connectivity index (χ4v) is 4.36. The van der Waals surface area contributed by atoms with E-state index < -0.39 is 23.7 Å². The molecule has 0 radical (unpaired) electrons. The van der Waals surface area contributed by atoms with Gasteiger partial charge in [-0.1, -0.05) is 48.5 Å². The van der Waals surface area contributed by atoms with Crippen LogP contribution in [0.3, 0.4) is 0 Å². The fourth-order valence-electron chi connectivity index (χ4n) is 4.36. The highest BCUT2D eigenvalue weighted by Crippen LogP contribution is 2.36. The van der Waals surface area contributed by atoms with E-state index in [1.54, 1.807) is 11.0 Å². The van der Waals surface area contributed by atoms with Gasteiger partial charge in [-0.05, 0) is 52.9 Å². The summed E-state index contributed by atoms with van der Waals surface area (Å²) in [6.07, 6.45) is -4.06. The van der Waals surface area contributed by atoms with Gasteiger partial charge < -0.3 is 10.2 Å². The van der Waals surface area contributed by atoms with Crippen LogP contribution in [0.25, 0.3) is 0 Å². The quantitative estimate of drug-likeness (QED) is 0.476. The second kappa shape index (κ2) is 10.3. The maximum atomic E-state index is 14.1. The summed E-state index contributed by atoms with van der Waals surface area (Å²) >= 11 is 0. The number of halogens is 4. The molecule has 0 saturated heterocycles. The minimum Gasteiger partial charge on any atom is -0.352 e. The van der Waals surface area contributed by atoms with Crippen LogP contribution in [0.1, 0.15) is 46.7 Å². The molecular formula is C27H24F4N2O2. The van der Waals surface area contributed by atoms with Gasteiger partial charge in [-0.25, -0.2) is 4.39 Å². The van der Waals surface area contributed by atoms with Crippen molar-refractivity contribution in [1.82, 2.24) is 10.2 Å². The smallest absolute Gasteiger partial charge is 0.352 e. The number of hydrogen-bond acceptors (Lipinski definition) is 2.